The average molecular weight is 544 g/mol. The molecule has 0 saturated carbocycles. The Morgan fingerprint density at radius 2 is 1.32 bits per heavy atom. The van der Waals surface area contributed by atoms with Crippen LogP contribution in [-0.4, -0.2) is 9.13 Å². The van der Waals surface area contributed by atoms with Crippen LogP contribution in [-0.2, 0) is 12.0 Å². The minimum absolute atomic E-state index is 0.900. The zero-order valence-electron chi connectivity index (χ0n) is 20.6. The minimum atomic E-state index is -1.000. The fourth-order valence-corrected chi connectivity index (χ4v) is 5.86. The van der Waals surface area contributed by atoms with E-state index in [-0.39, 0.29) is 0 Å². The number of halogens is 1. The van der Waals surface area contributed by atoms with Crippen LogP contribution in [0.4, 0.5) is 0 Å². The van der Waals surface area contributed by atoms with Crippen molar-refractivity contribution in [1.29, 1.82) is 5.26 Å². The number of nitrogens with zero attached hydrogens (tertiary/aromatic N) is 3. The van der Waals surface area contributed by atoms with Gasteiger partial charge in [-0.1, -0.05) is 89.6 Å². The topological polar surface area (TPSA) is 33.6 Å². The Balaban J connectivity index is 1.74. The van der Waals surface area contributed by atoms with Crippen molar-refractivity contribution in [3.63, 3.8) is 0 Å². The third-order valence-electron chi connectivity index (χ3n) is 7.25. The summed E-state index contributed by atoms with van der Waals surface area (Å²) in [4.78, 5) is 0. The monoisotopic (exact) mass is 543 g/mol. The van der Waals surface area contributed by atoms with Gasteiger partial charge in [0.1, 0.15) is 5.41 Å². The van der Waals surface area contributed by atoms with Gasteiger partial charge in [0.2, 0.25) is 0 Å². The van der Waals surface area contributed by atoms with Crippen LogP contribution < -0.4 is 0 Å². The van der Waals surface area contributed by atoms with Gasteiger partial charge in [-0.15, -0.1) is 0 Å². The van der Waals surface area contributed by atoms with Crippen molar-refractivity contribution in [2.24, 2.45) is 0 Å². The highest BCUT2D eigenvalue weighted by Gasteiger charge is 2.41. The molecule has 1 atom stereocenters. The lowest BCUT2D eigenvalue weighted by Crippen LogP contribution is -2.27. The normalized spacial score (nSPS) is 13.0. The smallest absolute Gasteiger partial charge is 0.136 e. The number of para-hydroxylation sites is 2. The second-order valence-corrected chi connectivity index (χ2v) is 10.3. The molecule has 0 unspecified atom stereocenters. The van der Waals surface area contributed by atoms with Gasteiger partial charge < -0.3 is 9.13 Å². The molecule has 6 aromatic rings. The molecular formula is C33H26BrN3. The van der Waals surface area contributed by atoms with E-state index in [4.69, 9.17) is 0 Å². The van der Waals surface area contributed by atoms with Crippen LogP contribution in [0, 0.1) is 11.3 Å². The molecule has 0 bridgehead atoms. The number of aryl methyl sites for hydroxylation is 1. The van der Waals surface area contributed by atoms with E-state index in [1.165, 1.54) is 0 Å². The summed E-state index contributed by atoms with van der Waals surface area (Å²) in [5.41, 5.74) is 5.26. The molecule has 0 amide bonds. The third-order valence-corrected chi connectivity index (χ3v) is 7.78. The molecule has 0 aliphatic rings. The summed E-state index contributed by atoms with van der Waals surface area (Å²) in [6.45, 7) is 3.09. The second-order valence-electron chi connectivity index (χ2n) is 9.39. The summed E-state index contributed by atoms with van der Waals surface area (Å²) in [5, 5.41) is 13.4. The lowest BCUT2D eigenvalue weighted by molar-refractivity contribution is 0.694. The zero-order chi connectivity index (χ0) is 25.4. The number of fused-ring (bicyclic) bond motifs is 2. The average Bonchev–Trinajstić information content (AvgIpc) is 3.51. The molecule has 37 heavy (non-hydrogen) atoms. The van der Waals surface area contributed by atoms with Crippen LogP contribution in [0.5, 0.6) is 0 Å². The molecule has 4 heteroatoms. The Hall–Kier alpha value is -4.07. The molecule has 4 aromatic carbocycles. The molecule has 3 nitrogen and oxygen atoms in total. The fourth-order valence-electron chi connectivity index (χ4n) is 5.59. The van der Waals surface area contributed by atoms with Gasteiger partial charge in [-0.05, 0) is 48.4 Å². The van der Waals surface area contributed by atoms with Crippen LogP contribution in [0.3, 0.4) is 0 Å². The molecule has 180 valence electrons. The number of hydrogen-bond acceptors (Lipinski definition) is 1. The van der Waals surface area contributed by atoms with Crippen molar-refractivity contribution in [1.82, 2.24) is 9.13 Å². The van der Waals surface area contributed by atoms with Crippen LogP contribution in [0.1, 0.15) is 30.0 Å². The molecule has 0 aliphatic carbocycles. The number of aromatic nitrogens is 2. The summed E-state index contributed by atoms with van der Waals surface area (Å²) < 4.78 is 5.54. The van der Waals surface area contributed by atoms with E-state index >= 15 is 0 Å². The lowest BCUT2D eigenvalue weighted by atomic mass is 9.70. The number of nitriles is 1. The summed E-state index contributed by atoms with van der Waals surface area (Å²) in [6.07, 6.45) is 5.39. The van der Waals surface area contributed by atoms with E-state index < -0.39 is 5.41 Å². The van der Waals surface area contributed by atoms with Gasteiger partial charge in [-0.2, -0.15) is 5.26 Å². The van der Waals surface area contributed by atoms with Crippen molar-refractivity contribution in [2.75, 3.05) is 0 Å². The highest BCUT2D eigenvalue weighted by Crippen LogP contribution is 2.46. The Morgan fingerprint density at radius 3 is 2.00 bits per heavy atom. The maximum Gasteiger partial charge on any atom is 0.136 e. The number of benzene rings is 4. The van der Waals surface area contributed by atoms with E-state index in [2.05, 4.69) is 135 Å². The van der Waals surface area contributed by atoms with Crippen molar-refractivity contribution in [3.05, 3.63) is 137 Å². The van der Waals surface area contributed by atoms with Crippen molar-refractivity contribution >= 4 is 37.7 Å². The highest BCUT2D eigenvalue weighted by molar-refractivity contribution is 9.10. The third kappa shape index (κ3) is 3.70. The van der Waals surface area contributed by atoms with Crippen molar-refractivity contribution in [3.8, 4) is 11.8 Å². The largest absolute Gasteiger partial charge is 0.347 e. The first kappa shape index (κ1) is 23.3. The second kappa shape index (κ2) is 9.42. The van der Waals surface area contributed by atoms with Crippen molar-refractivity contribution < 1.29 is 0 Å². The minimum Gasteiger partial charge on any atom is -0.347 e. The molecule has 0 saturated heterocycles. The van der Waals surface area contributed by atoms with Gasteiger partial charge in [0.15, 0.2) is 0 Å². The highest BCUT2D eigenvalue weighted by atomic mass is 79.9. The molecular weight excluding hydrogens is 518 g/mol. The van der Waals surface area contributed by atoms with E-state index in [1.54, 1.807) is 0 Å². The Labute approximate surface area is 225 Å². The quantitative estimate of drug-likeness (QED) is 0.207. The van der Waals surface area contributed by atoms with Crippen LogP contribution >= 0.6 is 15.9 Å². The lowest BCUT2D eigenvalue weighted by Gasteiger charge is -2.27. The van der Waals surface area contributed by atoms with Gasteiger partial charge >= 0.3 is 0 Å². The predicted molar refractivity (Wildman–Crippen MR) is 155 cm³/mol. The summed E-state index contributed by atoms with van der Waals surface area (Å²) in [6, 6.07) is 38.2. The van der Waals surface area contributed by atoms with E-state index in [0.717, 1.165) is 61.6 Å². The van der Waals surface area contributed by atoms with Gasteiger partial charge in [-0.25, -0.2) is 0 Å². The van der Waals surface area contributed by atoms with E-state index in [9.17, 15) is 5.26 Å². The summed E-state index contributed by atoms with van der Waals surface area (Å²) in [5.74, 6) is 0. The fraction of sp³-hybridized carbons (Fsp3) is 0.121. The molecule has 2 heterocycles. The van der Waals surface area contributed by atoms with Gasteiger partial charge in [0.25, 0.3) is 0 Å². The van der Waals surface area contributed by atoms with Gasteiger partial charge in [-0.3, -0.25) is 0 Å². The molecule has 0 N–H and O–H groups in total. The first-order valence-electron chi connectivity index (χ1n) is 12.6. The first-order chi connectivity index (χ1) is 18.2. The van der Waals surface area contributed by atoms with E-state index in [1.807, 2.05) is 18.2 Å². The summed E-state index contributed by atoms with van der Waals surface area (Å²) in [7, 11) is 0. The first-order valence-corrected chi connectivity index (χ1v) is 13.4. The van der Waals surface area contributed by atoms with E-state index in [0.29, 0.717) is 0 Å². The molecule has 0 aliphatic heterocycles. The Bertz CT molecular complexity index is 1750. The standard InChI is InChI=1S/C33H26BrN3/c1-2-20-36-21-29(27-12-6-8-14-31(27)36)33(23-35,24-10-4-3-5-11-24)30-22-37(26-18-16-25(34)17-19-26)32-15-9-7-13-28(30)32/h3-19,21-22H,2,20H2,1H3/t33-/m1/s1. The molecule has 2 aromatic heterocycles. The zero-order valence-corrected chi connectivity index (χ0v) is 22.2. The van der Waals surface area contributed by atoms with Crippen LogP contribution in [0.2, 0.25) is 0 Å². The van der Waals surface area contributed by atoms with Crippen LogP contribution in [0.15, 0.2) is 120 Å². The predicted octanol–water partition coefficient (Wildman–Crippen LogP) is 8.62. The van der Waals surface area contributed by atoms with Crippen LogP contribution in [0.25, 0.3) is 27.5 Å². The molecule has 6 rings (SSSR count). The van der Waals surface area contributed by atoms with Crippen molar-refractivity contribution in [2.45, 2.75) is 25.3 Å². The summed E-state index contributed by atoms with van der Waals surface area (Å²) >= 11 is 3.56. The Morgan fingerprint density at radius 1 is 0.730 bits per heavy atom. The van der Waals surface area contributed by atoms with Gasteiger partial charge in [0.05, 0.1) is 11.6 Å². The number of rotatable bonds is 6. The SMILES string of the molecule is CCCn1cc([C@@](C#N)(c2ccccc2)c2cn(-c3ccc(Br)cc3)c3ccccc23)c2ccccc21. The maximum atomic E-state index is 11.2. The number of hydrogen-bond donors (Lipinski definition) is 0. The molecule has 0 fully saturated rings. The molecule has 0 spiro atoms. The Kier molecular flexibility index (Phi) is 5.94. The molecule has 0 radical (unpaired) electrons. The maximum absolute atomic E-state index is 11.2. The van der Waals surface area contributed by atoms with Gasteiger partial charge in [0, 0.05) is 56.5 Å².